The smallest absolute Gasteiger partial charge is 0.265 e. The van der Waals surface area contributed by atoms with E-state index in [9.17, 15) is 13.2 Å². The molecule has 2 N–H and O–H groups in total. The molecule has 0 saturated heterocycles. The molecule has 1 atom stereocenters. The summed E-state index contributed by atoms with van der Waals surface area (Å²) < 4.78 is 33.3. The first-order valence-corrected chi connectivity index (χ1v) is 8.96. The Hall–Kier alpha value is -2.54. The number of hydrogen-bond donors (Lipinski definition) is 2. The Balaban J connectivity index is 1.92. The predicted octanol–water partition coefficient (Wildman–Crippen LogP) is 2.82. The van der Waals surface area contributed by atoms with Crippen LogP contribution in [0.1, 0.15) is 18.1 Å². The second-order valence-corrected chi connectivity index (χ2v) is 7.49. The first kappa shape index (κ1) is 16.3. The molecular formula is C17H18N2O4S. The molecule has 0 unspecified atom stereocenters. The first-order chi connectivity index (χ1) is 11.3. The minimum atomic E-state index is -3.72. The van der Waals surface area contributed by atoms with Crippen molar-refractivity contribution in [3.05, 3.63) is 47.5 Å². The number of amides is 1. The topological polar surface area (TPSA) is 84.5 Å². The van der Waals surface area contributed by atoms with Crippen LogP contribution in [0.2, 0.25) is 0 Å². The van der Waals surface area contributed by atoms with Crippen LogP contribution in [0.5, 0.6) is 5.75 Å². The maximum Gasteiger partial charge on any atom is 0.265 e. The molecular weight excluding hydrogens is 328 g/mol. The Morgan fingerprint density at radius 3 is 2.62 bits per heavy atom. The molecule has 1 aliphatic heterocycles. The molecule has 0 aliphatic carbocycles. The van der Waals surface area contributed by atoms with Gasteiger partial charge in [-0.15, -0.1) is 0 Å². The summed E-state index contributed by atoms with van der Waals surface area (Å²) in [6.07, 6.45) is -0.574. The lowest BCUT2D eigenvalue weighted by Crippen LogP contribution is -2.34. The summed E-state index contributed by atoms with van der Waals surface area (Å²) in [4.78, 5) is 11.9. The Morgan fingerprint density at radius 1 is 1.12 bits per heavy atom. The van der Waals surface area contributed by atoms with Crippen LogP contribution < -0.4 is 14.8 Å². The van der Waals surface area contributed by atoms with Gasteiger partial charge in [0.1, 0.15) is 5.75 Å². The van der Waals surface area contributed by atoms with E-state index in [1.807, 2.05) is 13.0 Å². The SMILES string of the molecule is Cc1ccc(C)c(S(=O)(=O)Nc2ccc3c(c2)NC(=O)[C@@H](C)O3)c1. The van der Waals surface area contributed by atoms with E-state index in [1.54, 1.807) is 44.2 Å². The number of hydrogen-bond acceptors (Lipinski definition) is 4. The van der Waals surface area contributed by atoms with Gasteiger partial charge in [-0.25, -0.2) is 8.42 Å². The third-order valence-corrected chi connectivity index (χ3v) is 5.32. The van der Waals surface area contributed by atoms with E-state index in [0.29, 0.717) is 22.7 Å². The molecule has 0 radical (unpaired) electrons. The molecule has 1 aliphatic rings. The first-order valence-electron chi connectivity index (χ1n) is 7.48. The van der Waals surface area contributed by atoms with Crippen molar-refractivity contribution >= 4 is 27.3 Å². The molecule has 6 nitrogen and oxygen atoms in total. The van der Waals surface area contributed by atoms with E-state index in [-0.39, 0.29) is 10.8 Å². The van der Waals surface area contributed by atoms with Crippen LogP contribution in [-0.2, 0) is 14.8 Å². The molecule has 24 heavy (non-hydrogen) atoms. The van der Waals surface area contributed by atoms with Gasteiger partial charge in [0.25, 0.3) is 15.9 Å². The van der Waals surface area contributed by atoms with Crippen molar-refractivity contribution in [2.45, 2.75) is 31.8 Å². The maximum atomic E-state index is 12.6. The second-order valence-electron chi connectivity index (χ2n) is 5.83. The molecule has 0 bridgehead atoms. The van der Waals surface area contributed by atoms with Crippen molar-refractivity contribution < 1.29 is 17.9 Å². The zero-order valence-corrected chi connectivity index (χ0v) is 14.4. The average molecular weight is 346 g/mol. The van der Waals surface area contributed by atoms with E-state index in [2.05, 4.69) is 10.0 Å². The van der Waals surface area contributed by atoms with E-state index >= 15 is 0 Å². The van der Waals surface area contributed by atoms with Crippen LogP contribution in [0.4, 0.5) is 11.4 Å². The van der Waals surface area contributed by atoms with Gasteiger partial charge in [-0.3, -0.25) is 9.52 Å². The van der Waals surface area contributed by atoms with Gasteiger partial charge in [0.2, 0.25) is 0 Å². The van der Waals surface area contributed by atoms with Crippen LogP contribution in [0, 0.1) is 13.8 Å². The molecule has 3 rings (SSSR count). The van der Waals surface area contributed by atoms with Crippen molar-refractivity contribution in [3.8, 4) is 5.75 Å². The van der Waals surface area contributed by atoms with E-state index in [0.717, 1.165) is 5.56 Å². The van der Waals surface area contributed by atoms with Gasteiger partial charge >= 0.3 is 0 Å². The molecule has 1 heterocycles. The van der Waals surface area contributed by atoms with Gasteiger partial charge in [0.15, 0.2) is 6.10 Å². The van der Waals surface area contributed by atoms with Gasteiger partial charge in [0, 0.05) is 0 Å². The van der Waals surface area contributed by atoms with Gasteiger partial charge in [-0.2, -0.15) is 0 Å². The summed E-state index contributed by atoms with van der Waals surface area (Å²) in [7, 11) is -3.72. The second kappa shape index (κ2) is 5.83. The normalized spacial score (nSPS) is 16.8. The number of ether oxygens (including phenoxy) is 1. The van der Waals surface area contributed by atoms with Crippen molar-refractivity contribution in [1.82, 2.24) is 0 Å². The van der Waals surface area contributed by atoms with Crippen LogP contribution in [0.3, 0.4) is 0 Å². The summed E-state index contributed by atoms with van der Waals surface area (Å²) in [6, 6.07) is 10.0. The number of aryl methyl sites for hydroxylation is 2. The fourth-order valence-electron chi connectivity index (χ4n) is 2.48. The van der Waals surface area contributed by atoms with E-state index < -0.39 is 16.1 Å². The number of rotatable bonds is 3. The Kier molecular flexibility index (Phi) is 3.96. The molecule has 1 amide bonds. The number of carbonyl (C=O) groups is 1. The van der Waals surface area contributed by atoms with E-state index in [4.69, 9.17) is 4.74 Å². The average Bonchev–Trinajstić information content (AvgIpc) is 2.50. The van der Waals surface area contributed by atoms with Crippen molar-refractivity contribution in [2.24, 2.45) is 0 Å². The number of fused-ring (bicyclic) bond motifs is 1. The van der Waals surface area contributed by atoms with Gasteiger partial charge < -0.3 is 10.1 Å². The summed E-state index contributed by atoms with van der Waals surface area (Å²) in [5, 5.41) is 2.70. The molecule has 2 aromatic rings. The van der Waals surface area contributed by atoms with Crippen molar-refractivity contribution in [2.75, 3.05) is 10.0 Å². The largest absolute Gasteiger partial charge is 0.479 e. The Morgan fingerprint density at radius 2 is 1.88 bits per heavy atom. The highest BCUT2D eigenvalue weighted by molar-refractivity contribution is 7.92. The van der Waals surface area contributed by atoms with Crippen LogP contribution in [0.25, 0.3) is 0 Å². The third kappa shape index (κ3) is 3.07. The minimum Gasteiger partial charge on any atom is -0.479 e. The van der Waals surface area contributed by atoms with E-state index in [1.165, 1.54) is 0 Å². The predicted molar refractivity (Wildman–Crippen MR) is 91.9 cm³/mol. The monoisotopic (exact) mass is 346 g/mol. The van der Waals surface area contributed by atoms with Gasteiger partial charge in [0.05, 0.1) is 16.3 Å². The fourth-order valence-corrected chi connectivity index (χ4v) is 3.86. The summed E-state index contributed by atoms with van der Waals surface area (Å²) >= 11 is 0. The highest BCUT2D eigenvalue weighted by Crippen LogP contribution is 2.33. The molecule has 7 heteroatoms. The molecule has 0 spiro atoms. The zero-order chi connectivity index (χ0) is 17.5. The lowest BCUT2D eigenvalue weighted by molar-refractivity contribution is -0.122. The standard InChI is InChI=1S/C17H18N2O4S/c1-10-4-5-11(2)16(8-10)24(21,22)19-13-6-7-15-14(9-13)18-17(20)12(3)23-15/h4-9,12,19H,1-3H3,(H,18,20)/t12-/m1/s1. The summed E-state index contributed by atoms with van der Waals surface area (Å²) in [5.41, 5.74) is 2.32. The Labute approximate surface area is 140 Å². The van der Waals surface area contributed by atoms with Crippen LogP contribution in [0.15, 0.2) is 41.3 Å². The Bertz CT molecular complexity index is 922. The number of carbonyl (C=O) groups excluding carboxylic acids is 1. The summed E-state index contributed by atoms with van der Waals surface area (Å²) in [6.45, 7) is 5.23. The number of benzene rings is 2. The van der Waals surface area contributed by atoms with Crippen LogP contribution in [-0.4, -0.2) is 20.4 Å². The van der Waals surface area contributed by atoms with Crippen molar-refractivity contribution in [3.63, 3.8) is 0 Å². The fraction of sp³-hybridized carbons (Fsp3) is 0.235. The molecule has 0 saturated carbocycles. The zero-order valence-electron chi connectivity index (χ0n) is 13.6. The van der Waals surface area contributed by atoms with Gasteiger partial charge in [-0.1, -0.05) is 12.1 Å². The number of nitrogens with one attached hydrogen (secondary N) is 2. The molecule has 0 fully saturated rings. The molecule has 126 valence electrons. The highest BCUT2D eigenvalue weighted by atomic mass is 32.2. The maximum absolute atomic E-state index is 12.6. The third-order valence-electron chi connectivity index (χ3n) is 3.80. The van der Waals surface area contributed by atoms with Crippen LogP contribution >= 0.6 is 0 Å². The quantitative estimate of drug-likeness (QED) is 0.895. The highest BCUT2D eigenvalue weighted by Gasteiger charge is 2.24. The lowest BCUT2D eigenvalue weighted by atomic mass is 10.2. The van der Waals surface area contributed by atoms with Gasteiger partial charge in [-0.05, 0) is 56.2 Å². The number of sulfonamides is 1. The molecule has 2 aromatic carbocycles. The molecule has 0 aromatic heterocycles. The summed E-state index contributed by atoms with van der Waals surface area (Å²) in [5.74, 6) is 0.244. The lowest BCUT2D eigenvalue weighted by Gasteiger charge is -2.23. The minimum absolute atomic E-state index is 0.231. The van der Waals surface area contributed by atoms with Crippen molar-refractivity contribution in [1.29, 1.82) is 0 Å². The number of anilines is 2.